The summed E-state index contributed by atoms with van der Waals surface area (Å²) in [5.74, 6) is -1.02. The van der Waals surface area contributed by atoms with Crippen LogP contribution in [0.25, 0.3) is 10.8 Å². The second-order valence-electron chi connectivity index (χ2n) is 3.93. The van der Waals surface area contributed by atoms with Crippen LogP contribution in [-0.2, 0) is 16.0 Å². The Morgan fingerprint density at radius 2 is 2.37 bits per heavy atom. The van der Waals surface area contributed by atoms with Gasteiger partial charge in [-0.2, -0.15) is 0 Å². The van der Waals surface area contributed by atoms with Crippen LogP contribution in [0.1, 0.15) is 12.6 Å². The number of oxazole rings is 1. The van der Waals surface area contributed by atoms with Crippen molar-refractivity contribution in [2.45, 2.75) is 19.4 Å². The molecule has 0 unspecified atom stereocenters. The highest BCUT2D eigenvalue weighted by Gasteiger charge is 2.16. The van der Waals surface area contributed by atoms with E-state index in [0.29, 0.717) is 11.6 Å². The van der Waals surface area contributed by atoms with Crippen LogP contribution in [0.15, 0.2) is 28.2 Å². The molecule has 0 radical (unpaired) electrons. The highest BCUT2D eigenvalue weighted by Crippen LogP contribution is 2.23. The monoisotopic (exact) mass is 280 g/mol. The van der Waals surface area contributed by atoms with Gasteiger partial charge in [-0.05, 0) is 18.4 Å². The van der Waals surface area contributed by atoms with E-state index in [0.717, 1.165) is 4.88 Å². The topological polar surface area (TPSA) is 92.4 Å². The Bertz CT molecular complexity index is 576. The molecule has 2 heterocycles. The van der Waals surface area contributed by atoms with E-state index in [1.165, 1.54) is 24.5 Å². The van der Waals surface area contributed by atoms with Gasteiger partial charge in [0.05, 0.1) is 17.0 Å². The van der Waals surface area contributed by atoms with E-state index in [1.54, 1.807) is 0 Å². The van der Waals surface area contributed by atoms with Gasteiger partial charge in [-0.25, -0.2) is 4.98 Å². The second kappa shape index (κ2) is 5.66. The van der Waals surface area contributed by atoms with E-state index >= 15 is 0 Å². The molecule has 7 heteroatoms. The van der Waals surface area contributed by atoms with Crippen LogP contribution in [0.2, 0.25) is 0 Å². The highest BCUT2D eigenvalue weighted by atomic mass is 32.1. The Kier molecular flexibility index (Phi) is 3.96. The average molecular weight is 280 g/mol. The lowest BCUT2D eigenvalue weighted by Crippen LogP contribution is -2.39. The lowest BCUT2D eigenvalue weighted by molar-refractivity contribution is -0.141. The third-order valence-corrected chi connectivity index (χ3v) is 3.23. The van der Waals surface area contributed by atoms with Gasteiger partial charge in [0.2, 0.25) is 11.8 Å². The zero-order valence-electron chi connectivity index (χ0n) is 10.1. The van der Waals surface area contributed by atoms with Crippen LogP contribution in [-0.4, -0.2) is 28.0 Å². The number of hydrogen-bond acceptors (Lipinski definition) is 5. The first-order chi connectivity index (χ1) is 9.06. The number of rotatable bonds is 5. The first kappa shape index (κ1) is 13.3. The predicted octanol–water partition coefficient (Wildman–Crippen LogP) is 1.53. The summed E-state index contributed by atoms with van der Waals surface area (Å²) in [7, 11) is 0. The van der Waals surface area contributed by atoms with Gasteiger partial charge < -0.3 is 14.8 Å². The van der Waals surface area contributed by atoms with Gasteiger partial charge in [0.25, 0.3) is 0 Å². The van der Waals surface area contributed by atoms with E-state index in [9.17, 15) is 9.59 Å². The van der Waals surface area contributed by atoms with Crippen molar-refractivity contribution in [3.05, 3.63) is 29.5 Å². The minimum absolute atomic E-state index is 0.00745. The molecule has 0 aliphatic carbocycles. The normalized spacial score (nSPS) is 12.1. The Morgan fingerprint density at radius 1 is 1.58 bits per heavy atom. The van der Waals surface area contributed by atoms with Gasteiger partial charge >= 0.3 is 5.97 Å². The number of thiophene rings is 1. The summed E-state index contributed by atoms with van der Waals surface area (Å²) in [6.45, 7) is 1.40. The maximum absolute atomic E-state index is 11.6. The molecule has 0 aromatic carbocycles. The summed E-state index contributed by atoms with van der Waals surface area (Å²) in [5, 5.41) is 12.9. The van der Waals surface area contributed by atoms with Crippen LogP contribution >= 0.6 is 11.3 Å². The van der Waals surface area contributed by atoms with Gasteiger partial charge in [0, 0.05) is 0 Å². The van der Waals surface area contributed by atoms with Crippen molar-refractivity contribution in [3.63, 3.8) is 0 Å². The molecular weight excluding hydrogens is 268 g/mol. The zero-order valence-corrected chi connectivity index (χ0v) is 10.9. The highest BCUT2D eigenvalue weighted by molar-refractivity contribution is 7.13. The molecule has 1 atom stereocenters. The maximum atomic E-state index is 11.6. The van der Waals surface area contributed by atoms with Crippen molar-refractivity contribution < 1.29 is 19.1 Å². The molecule has 0 aliphatic heterocycles. The molecule has 2 N–H and O–H groups in total. The number of aliphatic carboxylic acids is 1. The van der Waals surface area contributed by atoms with Crippen LogP contribution in [0.4, 0.5) is 0 Å². The predicted molar refractivity (Wildman–Crippen MR) is 68.8 cm³/mol. The SMILES string of the molecule is C[C@H](NC(=O)Cc1coc(-c2cccs2)n1)C(=O)O. The largest absolute Gasteiger partial charge is 0.480 e. The Balaban J connectivity index is 1.97. The molecular formula is C12H12N2O4S. The summed E-state index contributed by atoms with van der Waals surface area (Å²) in [5.41, 5.74) is 0.471. The number of carbonyl (C=O) groups excluding carboxylic acids is 1. The summed E-state index contributed by atoms with van der Waals surface area (Å²) >= 11 is 1.49. The average Bonchev–Trinajstić information content (AvgIpc) is 2.97. The van der Waals surface area contributed by atoms with Crippen molar-refractivity contribution in [1.29, 1.82) is 0 Å². The van der Waals surface area contributed by atoms with E-state index < -0.39 is 17.9 Å². The Morgan fingerprint density at radius 3 is 3.00 bits per heavy atom. The summed E-state index contributed by atoms with van der Waals surface area (Å²) < 4.78 is 5.27. The molecule has 0 saturated heterocycles. The van der Waals surface area contributed by atoms with Gasteiger partial charge in [-0.1, -0.05) is 6.07 Å². The Labute approximate surface area is 113 Å². The number of carboxylic acids is 1. The summed E-state index contributed by atoms with van der Waals surface area (Å²) in [6, 6.07) is 2.83. The minimum Gasteiger partial charge on any atom is -0.480 e. The van der Waals surface area contributed by atoms with Crippen LogP contribution in [0.5, 0.6) is 0 Å². The molecule has 1 amide bonds. The number of nitrogens with zero attached hydrogens (tertiary/aromatic N) is 1. The molecule has 6 nitrogen and oxygen atoms in total. The van der Waals surface area contributed by atoms with Crippen LogP contribution in [0, 0.1) is 0 Å². The van der Waals surface area contributed by atoms with Gasteiger partial charge in [0.1, 0.15) is 12.3 Å². The van der Waals surface area contributed by atoms with E-state index in [1.807, 2.05) is 17.5 Å². The molecule has 2 aromatic rings. The molecule has 0 saturated carbocycles. The number of carboxylic acid groups (broad SMARTS) is 1. The summed E-state index contributed by atoms with van der Waals surface area (Å²) in [6.07, 6.45) is 1.40. The molecule has 100 valence electrons. The fraction of sp³-hybridized carbons (Fsp3) is 0.250. The quantitative estimate of drug-likeness (QED) is 0.866. The smallest absolute Gasteiger partial charge is 0.325 e. The molecule has 2 aromatic heterocycles. The maximum Gasteiger partial charge on any atom is 0.325 e. The lowest BCUT2D eigenvalue weighted by atomic mass is 10.3. The molecule has 2 rings (SSSR count). The number of amides is 1. The number of hydrogen-bond donors (Lipinski definition) is 2. The van der Waals surface area contributed by atoms with E-state index in [4.69, 9.17) is 9.52 Å². The van der Waals surface area contributed by atoms with Crippen molar-refractivity contribution in [2.75, 3.05) is 0 Å². The summed E-state index contributed by atoms with van der Waals surface area (Å²) in [4.78, 5) is 27.2. The van der Waals surface area contributed by atoms with Gasteiger partial charge in [-0.15, -0.1) is 11.3 Å². The first-order valence-corrected chi connectivity index (χ1v) is 6.44. The van der Waals surface area contributed by atoms with Crippen LogP contribution < -0.4 is 5.32 Å². The van der Waals surface area contributed by atoms with Crippen LogP contribution in [0.3, 0.4) is 0 Å². The fourth-order valence-electron chi connectivity index (χ4n) is 1.42. The van der Waals surface area contributed by atoms with E-state index in [-0.39, 0.29) is 6.42 Å². The standard InChI is InChI=1S/C12H12N2O4S/c1-7(12(16)17)13-10(15)5-8-6-18-11(14-8)9-3-2-4-19-9/h2-4,6-7H,5H2,1H3,(H,13,15)(H,16,17)/t7-/m0/s1. The zero-order chi connectivity index (χ0) is 13.8. The fourth-order valence-corrected chi connectivity index (χ4v) is 2.08. The molecule has 0 bridgehead atoms. The van der Waals surface area contributed by atoms with Gasteiger partial charge in [-0.3, -0.25) is 9.59 Å². The van der Waals surface area contributed by atoms with E-state index in [2.05, 4.69) is 10.3 Å². The molecule has 0 spiro atoms. The third-order valence-electron chi connectivity index (χ3n) is 2.37. The molecule has 0 aliphatic rings. The number of aromatic nitrogens is 1. The first-order valence-electron chi connectivity index (χ1n) is 5.56. The minimum atomic E-state index is -1.08. The van der Waals surface area contributed by atoms with Gasteiger partial charge in [0.15, 0.2) is 0 Å². The third kappa shape index (κ3) is 3.41. The molecule has 19 heavy (non-hydrogen) atoms. The van der Waals surface area contributed by atoms with Crippen molar-refractivity contribution in [1.82, 2.24) is 10.3 Å². The van der Waals surface area contributed by atoms with Crippen molar-refractivity contribution in [2.24, 2.45) is 0 Å². The molecule has 0 fully saturated rings. The Hall–Kier alpha value is -2.15. The van der Waals surface area contributed by atoms with Crippen molar-refractivity contribution >= 4 is 23.2 Å². The number of nitrogens with one attached hydrogen (secondary N) is 1. The number of carbonyl (C=O) groups is 2. The lowest BCUT2D eigenvalue weighted by Gasteiger charge is -2.07. The van der Waals surface area contributed by atoms with Crippen molar-refractivity contribution in [3.8, 4) is 10.8 Å². The second-order valence-corrected chi connectivity index (χ2v) is 4.87.